The van der Waals surface area contributed by atoms with E-state index in [4.69, 9.17) is 21.6 Å². The summed E-state index contributed by atoms with van der Waals surface area (Å²) in [6, 6.07) is 2.17. The Morgan fingerprint density at radius 1 is 1.40 bits per heavy atom. The number of likely N-dealkylation sites (N-methyl/N-ethyl adjacent to an activating group) is 1. The molecule has 0 spiro atoms. The normalized spacial score (nSPS) is 9.65. The molecule has 0 fully saturated rings. The van der Waals surface area contributed by atoms with Crippen molar-refractivity contribution in [2.75, 3.05) is 19.3 Å². The van der Waals surface area contributed by atoms with E-state index in [-0.39, 0.29) is 35.3 Å². The van der Waals surface area contributed by atoms with E-state index in [0.29, 0.717) is 0 Å². The van der Waals surface area contributed by atoms with E-state index < -0.39 is 5.97 Å². The summed E-state index contributed by atoms with van der Waals surface area (Å²) in [5.74, 6) is -1.40. The first-order valence-electron chi connectivity index (χ1n) is 5.25. The SMILES string of the molecule is CN(CC(=O)Oc1c(N)cc(N=O)cc1N=O)C(=N)N. The maximum Gasteiger partial charge on any atom is 0.331 e. The van der Waals surface area contributed by atoms with Gasteiger partial charge in [-0.25, -0.2) is 4.79 Å². The number of nitrogen functional groups attached to an aromatic ring is 1. The number of benzene rings is 1. The van der Waals surface area contributed by atoms with Gasteiger partial charge in [0.2, 0.25) is 0 Å². The molecule has 0 radical (unpaired) electrons. The average molecular weight is 280 g/mol. The number of nitrogens with zero attached hydrogens (tertiary/aromatic N) is 3. The van der Waals surface area contributed by atoms with Crippen molar-refractivity contribution in [2.24, 2.45) is 16.1 Å². The van der Waals surface area contributed by atoms with Crippen LogP contribution in [0.15, 0.2) is 22.5 Å². The number of hydrogen-bond donors (Lipinski definition) is 3. The number of ether oxygens (including phenoxy) is 1. The number of hydrogen-bond acceptors (Lipinski definition) is 8. The lowest BCUT2D eigenvalue weighted by Gasteiger charge is -2.16. The van der Waals surface area contributed by atoms with Gasteiger partial charge in [0.05, 0.1) is 5.69 Å². The van der Waals surface area contributed by atoms with E-state index >= 15 is 0 Å². The molecule has 0 bridgehead atoms. The summed E-state index contributed by atoms with van der Waals surface area (Å²) in [4.78, 5) is 33.8. The van der Waals surface area contributed by atoms with Crippen molar-refractivity contribution in [1.82, 2.24) is 4.90 Å². The average Bonchev–Trinajstić information content (AvgIpc) is 2.40. The fraction of sp³-hybridized carbons (Fsp3) is 0.200. The summed E-state index contributed by atoms with van der Waals surface area (Å²) in [6.07, 6.45) is 0. The highest BCUT2D eigenvalue weighted by molar-refractivity contribution is 5.84. The zero-order valence-electron chi connectivity index (χ0n) is 10.5. The maximum atomic E-state index is 11.6. The zero-order chi connectivity index (χ0) is 15.3. The van der Waals surface area contributed by atoms with Crippen molar-refractivity contribution in [3.63, 3.8) is 0 Å². The molecular formula is C10H12N6O4. The molecule has 0 amide bonds. The van der Waals surface area contributed by atoms with Crippen LogP contribution in [-0.4, -0.2) is 30.4 Å². The second kappa shape index (κ2) is 6.22. The Kier molecular flexibility index (Phi) is 4.67. The number of guanidine groups is 1. The van der Waals surface area contributed by atoms with Crippen LogP contribution in [0.2, 0.25) is 0 Å². The molecule has 0 aliphatic carbocycles. The second-order valence-corrected chi connectivity index (χ2v) is 3.78. The summed E-state index contributed by atoms with van der Waals surface area (Å²) in [7, 11) is 1.41. The predicted octanol–water partition coefficient (Wildman–Crippen LogP) is 0.795. The van der Waals surface area contributed by atoms with E-state index in [1.54, 1.807) is 0 Å². The molecule has 0 heterocycles. The first-order chi connectivity index (χ1) is 9.38. The fourth-order valence-electron chi connectivity index (χ4n) is 1.28. The third-order valence-corrected chi connectivity index (χ3v) is 2.28. The van der Waals surface area contributed by atoms with Gasteiger partial charge in [-0.05, 0) is 16.4 Å². The number of rotatable bonds is 5. The Hall–Kier alpha value is -3.04. The van der Waals surface area contributed by atoms with Crippen LogP contribution in [0.25, 0.3) is 0 Å². The lowest BCUT2D eigenvalue weighted by molar-refractivity contribution is -0.134. The molecule has 1 aromatic rings. The number of nitrogens with two attached hydrogens (primary N) is 2. The summed E-state index contributed by atoms with van der Waals surface area (Å²) < 4.78 is 4.89. The Bertz CT molecular complexity index is 573. The molecule has 0 aromatic heterocycles. The molecule has 5 N–H and O–H groups in total. The van der Waals surface area contributed by atoms with E-state index in [2.05, 4.69) is 10.4 Å². The molecule has 0 aliphatic rings. The topological polar surface area (TPSA) is 164 Å². The van der Waals surface area contributed by atoms with Gasteiger partial charge in [-0.15, -0.1) is 9.81 Å². The van der Waals surface area contributed by atoms with Gasteiger partial charge in [-0.1, -0.05) is 0 Å². The summed E-state index contributed by atoms with van der Waals surface area (Å²) in [5.41, 5.74) is 10.2. The van der Waals surface area contributed by atoms with Crippen molar-refractivity contribution in [3.05, 3.63) is 21.9 Å². The molecule has 0 saturated carbocycles. The van der Waals surface area contributed by atoms with Gasteiger partial charge in [0.25, 0.3) is 0 Å². The number of nitrogens with one attached hydrogen (secondary N) is 1. The molecule has 1 rings (SSSR count). The highest BCUT2D eigenvalue weighted by Crippen LogP contribution is 2.37. The van der Waals surface area contributed by atoms with Crippen molar-refractivity contribution < 1.29 is 9.53 Å². The van der Waals surface area contributed by atoms with Gasteiger partial charge in [-0.2, -0.15) is 0 Å². The van der Waals surface area contributed by atoms with E-state index in [9.17, 15) is 14.6 Å². The fourth-order valence-corrected chi connectivity index (χ4v) is 1.28. The third-order valence-electron chi connectivity index (χ3n) is 2.28. The van der Waals surface area contributed by atoms with Crippen molar-refractivity contribution in [1.29, 1.82) is 5.41 Å². The largest absolute Gasteiger partial charge is 0.421 e. The number of carbonyl (C=O) groups is 1. The monoisotopic (exact) mass is 280 g/mol. The van der Waals surface area contributed by atoms with E-state index in [1.807, 2.05) is 0 Å². The van der Waals surface area contributed by atoms with E-state index in [1.165, 1.54) is 7.05 Å². The van der Waals surface area contributed by atoms with Gasteiger partial charge in [-0.3, -0.25) is 5.41 Å². The molecule has 0 aliphatic heterocycles. The van der Waals surface area contributed by atoms with Crippen LogP contribution in [0, 0.1) is 15.2 Å². The minimum atomic E-state index is -0.800. The summed E-state index contributed by atoms with van der Waals surface area (Å²) in [5, 5.41) is 12.3. The number of anilines is 1. The zero-order valence-corrected chi connectivity index (χ0v) is 10.5. The number of carbonyl (C=O) groups excluding carboxylic acids is 1. The van der Waals surface area contributed by atoms with Crippen molar-refractivity contribution in [3.8, 4) is 5.75 Å². The molecule has 20 heavy (non-hydrogen) atoms. The van der Waals surface area contributed by atoms with Gasteiger partial charge in [0.1, 0.15) is 12.2 Å². The lowest BCUT2D eigenvalue weighted by Crippen LogP contribution is -2.38. The maximum absolute atomic E-state index is 11.6. The van der Waals surface area contributed by atoms with E-state index in [0.717, 1.165) is 17.0 Å². The Labute approximate surface area is 113 Å². The third kappa shape index (κ3) is 3.48. The number of nitroso groups, excluding NO2 is 2. The van der Waals surface area contributed by atoms with Gasteiger partial charge in [0.15, 0.2) is 17.4 Å². The van der Waals surface area contributed by atoms with Crippen LogP contribution in [-0.2, 0) is 4.79 Å². The minimum absolute atomic E-state index is 0.113. The Balaban J connectivity index is 2.97. The lowest BCUT2D eigenvalue weighted by atomic mass is 10.2. The standard InChI is InChI=1S/C10H12N6O4/c1-16(10(12)13)4-8(17)20-9-6(11)2-5(14-18)3-7(9)15-19/h2-3H,4,11H2,1H3,(H3,12,13). The number of esters is 1. The van der Waals surface area contributed by atoms with Crippen LogP contribution in [0.5, 0.6) is 5.75 Å². The molecule has 10 nitrogen and oxygen atoms in total. The van der Waals surface area contributed by atoms with Crippen LogP contribution in [0.3, 0.4) is 0 Å². The molecule has 106 valence electrons. The van der Waals surface area contributed by atoms with Crippen LogP contribution < -0.4 is 16.2 Å². The van der Waals surface area contributed by atoms with Crippen LogP contribution in [0.4, 0.5) is 17.1 Å². The molecular weight excluding hydrogens is 268 g/mol. The Morgan fingerprint density at radius 2 is 2.05 bits per heavy atom. The molecule has 1 aromatic carbocycles. The predicted molar refractivity (Wildman–Crippen MR) is 71.9 cm³/mol. The van der Waals surface area contributed by atoms with Crippen molar-refractivity contribution >= 4 is 29.0 Å². The summed E-state index contributed by atoms with van der Waals surface area (Å²) >= 11 is 0. The molecule has 10 heteroatoms. The van der Waals surface area contributed by atoms with Crippen LogP contribution >= 0.6 is 0 Å². The second-order valence-electron chi connectivity index (χ2n) is 3.78. The summed E-state index contributed by atoms with van der Waals surface area (Å²) in [6.45, 7) is -0.319. The highest BCUT2D eigenvalue weighted by atomic mass is 16.5. The Morgan fingerprint density at radius 3 is 2.55 bits per heavy atom. The minimum Gasteiger partial charge on any atom is -0.421 e. The van der Waals surface area contributed by atoms with Crippen LogP contribution in [0.1, 0.15) is 0 Å². The molecule has 0 atom stereocenters. The quantitative estimate of drug-likeness (QED) is 0.179. The smallest absolute Gasteiger partial charge is 0.331 e. The van der Waals surface area contributed by atoms with Gasteiger partial charge in [0, 0.05) is 13.1 Å². The van der Waals surface area contributed by atoms with Gasteiger partial charge >= 0.3 is 5.97 Å². The van der Waals surface area contributed by atoms with Gasteiger partial charge < -0.3 is 21.1 Å². The first kappa shape index (κ1) is 15.0. The highest BCUT2D eigenvalue weighted by Gasteiger charge is 2.17. The molecule has 0 unspecified atom stereocenters. The molecule has 0 saturated heterocycles. The first-order valence-corrected chi connectivity index (χ1v) is 5.25. The van der Waals surface area contributed by atoms with Crippen molar-refractivity contribution in [2.45, 2.75) is 0 Å².